The molecule has 0 saturated carbocycles. The molecule has 3 heterocycles. The first-order chi connectivity index (χ1) is 16.3. The van der Waals surface area contributed by atoms with E-state index in [-0.39, 0.29) is 6.29 Å². The molecular weight excluding hydrogens is 450 g/mol. The van der Waals surface area contributed by atoms with Crippen LogP contribution in [0.2, 0.25) is 0 Å². The minimum atomic E-state index is -0.596. The molecule has 1 aromatic carbocycles. The number of aromatic nitrogens is 2. The number of aryl methyl sites for hydroxylation is 1. The number of hydrogen-bond donors (Lipinski definition) is 0. The Kier molecular flexibility index (Phi) is 7.50. The molecule has 0 N–H and O–H groups in total. The third-order valence-corrected chi connectivity index (χ3v) is 6.08. The molecule has 1 saturated heterocycles. The summed E-state index contributed by atoms with van der Waals surface area (Å²) in [5.74, 6) is 0. The SMILES string of the molecule is Cc1cc(CN(C(=O)OC(C)(C)C)c2ccc(Sc3ccncc3C3OCCO3)cc2)ccn1. The van der Waals surface area contributed by atoms with Gasteiger partial charge in [0.2, 0.25) is 0 Å². The van der Waals surface area contributed by atoms with Crippen molar-refractivity contribution in [3.63, 3.8) is 0 Å². The lowest BCUT2D eigenvalue weighted by atomic mass is 10.2. The average molecular weight is 480 g/mol. The molecule has 4 rings (SSSR count). The van der Waals surface area contributed by atoms with Crippen molar-refractivity contribution in [2.24, 2.45) is 0 Å². The molecule has 0 radical (unpaired) electrons. The van der Waals surface area contributed by atoms with Gasteiger partial charge in [-0.05, 0) is 75.7 Å². The lowest BCUT2D eigenvalue weighted by Crippen LogP contribution is -2.36. The molecule has 0 aliphatic carbocycles. The van der Waals surface area contributed by atoms with E-state index in [1.54, 1.807) is 35.3 Å². The van der Waals surface area contributed by atoms with Crippen LogP contribution in [0.4, 0.5) is 10.5 Å². The zero-order valence-electron chi connectivity index (χ0n) is 19.9. The Morgan fingerprint density at radius 2 is 1.85 bits per heavy atom. The van der Waals surface area contributed by atoms with Crippen molar-refractivity contribution in [3.8, 4) is 0 Å². The van der Waals surface area contributed by atoms with Gasteiger partial charge in [0.25, 0.3) is 0 Å². The van der Waals surface area contributed by atoms with E-state index in [1.807, 2.05) is 70.2 Å². The molecule has 0 spiro atoms. The Morgan fingerprint density at radius 1 is 1.12 bits per heavy atom. The smallest absolute Gasteiger partial charge is 0.415 e. The number of ether oxygens (including phenoxy) is 3. The lowest BCUT2D eigenvalue weighted by molar-refractivity contribution is -0.0462. The van der Waals surface area contributed by atoms with Gasteiger partial charge in [-0.3, -0.25) is 14.9 Å². The van der Waals surface area contributed by atoms with Gasteiger partial charge in [-0.15, -0.1) is 0 Å². The number of hydrogen-bond acceptors (Lipinski definition) is 7. The highest BCUT2D eigenvalue weighted by molar-refractivity contribution is 7.99. The fourth-order valence-electron chi connectivity index (χ4n) is 3.49. The predicted molar refractivity (Wildman–Crippen MR) is 131 cm³/mol. The highest BCUT2D eigenvalue weighted by Crippen LogP contribution is 2.36. The van der Waals surface area contributed by atoms with E-state index in [1.165, 1.54) is 0 Å². The van der Waals surface area contributed by atoms with Crippen LogP contribution in [-0.2, 0) is 20.8 Å². The fraction of sp³-hybridized carbons (Fsp3) is 0.346. The van der Waals surface area contributed by atoms with E-state index >= 15 is 0 Å². The Morgan fingerprint density at radius 3 is 2.53 bits per heavy atom. The third kappa shape index (κ3) is 6.34. The van der Waals surface area contributed by atoms with Crippen LogP contribution < -0.4 is 4.90 Å². The highest BCUT2D eigenvalue weighted by Gasteiger charge is 2.25. The Balaban J connectivity index is 1.56. The monoisotopic (exact) mass is 479 g/mol. The van der Waals surface area contributed by atoms with Gasteiger partial charge < -0.3 is 14.2 Å². The number of rotatable bonds is 6. The fourth-order valence-corrected chi connectivity index (χ4v) is 4.41. The largest absolute Gasteiger partial charge is 0.443 e. The van der Waals surface area contributed by atoms with Crippen LogP contribution in [0.25, 0.3) is 0 Å². The van der Waals surface area contributed by atoms with Crippen molar-refractivity contribution >= 4 is 23.5 Å². The van der Waals surface area contributed by atoms with Gasteiger partial charge in [0.1, 0.15) is 5.60 Å². The van der Waals surface area contributed by atoms with Gasteiger partial charge in [0, 0.05) is 45.3 Å². The molecule has 0 bridgehead atoms. The minimum absolute atomic E-state index is 0.385. The van der Waals surface area contributed by atoms with Gasteiger partial charge in [-0.2, -0.15) is 0 Å². The van der Waals surface area contributed by atoms with Crippen molar-refractivity contribution < 1.29 is 19.0 Å². The van der Waals surface area contributed by atoms with Crippen molar-refractivity contribution in [2.45, 2.75) is 55.9 Å². The standard InChI is InChI=1S/C26H29N3O4S/c1-18-15-19(9-12-28-18)17-29(25(30)33-26(2,3)4)20-5-7-21(8-6-20)34-23-10-11-27-16-22(23)24-31-13-14-32-24/h5-12,15-16,24H,13-14,17H2,1-4H3. The van der Waals surface area contributed by atoms with E-state index in [4.69, 9.17) is 14.2 Å². The molecule has 1 fully saturated rings. The maximum absolute atomic E-state index is 13.1. The Labute approximate surface area is 204 Å². The van der Waals surface area contributed by atoms with Gasteiger partial charge in [0.05, 0.1) is 19.8 Å². The molecule has 0 atom stereocenters. The zero-order chi connectivity index (χ0) is 24.1. The second-order valence-electron chi connectivity index (χ2n) is 8.95. The van der Waals surface area contributed by atoms with Crippen molar-refractivity contribution in [2.75, 3.05) is 18.1 Å². The molecule has 3 aromatic rings. The van der Waals surface area contributed by atoms with Gasteiger partial charge in [0.15, 0.2) is 6.29 Å². The molecule has 7 nitrogen and oxygen atoms in total. The molecule has 1 aliphatic rings. The summed E-state index contributed by atoms with van der Waals surface area (Å²) >= 11 is 1.60. The predicted octanol–water partition coefficient (Wildman–Crippen LogP) is 5.92. The van der Waals surface area contributed by atoms with E-state index < -0.39 is 11.7 Å². The number of anilines is 1. The summed E-state index contributed by atoms with van der Waals surface area (Å²) in [7, 11) is 0. The van der Waals surface area contributed by atoms with Crippen LogP contribution in [0.5, 0.6) is 0 Å². The van der Waals surface area contributed by atoms with Crippen LogP contribution in [0.1, 0.15) is 43.9 Å². The van der Waals surface area contributed by atoms with Crippen molar-refractivity contribution in [1.82, 2.24) is 9.97 Å². The zero-order valence-corrected chi connectivity index (χ0v) is 20.7. The summed E-state index contributed by atoms with van der Waals surface area (Å²) in [6, 6.07) is 13.7. The van der Waals surface area contributed by atoms with Crippen LogP contribution >= 0.6 is 11.8 Å². The van der Waals surface area contributed by atoms with Gasteiger partial charge in [-0.1, -0.05) is 11.8 Å². The molecule has 0 unspecified atom stereocenters. The Hall–Kier alpha value is -2.94. The first-order valence-corrected chi connectivity index (χ1v) is 12.0. The lowest BCUT2D eigenvalue weighted by Gasteiger charge is -2.27. The highest BCUT2D eigenvalue weighted by atomic mass is 32.2. The van der Waals surface area contributed by atoms with Crippen LogP contribution in [-0.4, -0.2) is 34.9 Å². The van der Waals surface area contributed by atoms with Crippen molar-refractivity contribution in [3.05, 3.63) is 77.9 Å². The maximum atomic E-state index is 13.1. The summed E-state index contributed by atoms with van der Waals surface area (Å²) in [5, 5.41) is 0. The van der Waals surface area contributed by atoms with E-state index in [0.29, 0.717) is 19.8 Å². The summed E-state index contributed by atoms with van der Waals surface area (Å²) in [4.78, 5) is 25.2. The van der Waals surface area contributed by atoms with E-state index in [9.17, 15) is 4.79 Å². The maximum Gasteiger partial charge on any atom is 0.415 e. The molecule has 178 valence electrons. The third-order valence-electron chi connectivity index (χ3n) is 4.98. The van der Waals surface area contributed by atoms with E-state index in [2.05, 4.69) is 9.97 Å². The van der Waals surface area contributed by atoms with Gasteiger partial charge in [-0.25, -0.2) is 4.79 Å². The second kappa shape index (κ2) is 10.5. The molecule has 8 heteroatoms. The number of nitrogens with zero attached hydrogens (tertiary/aromatic N) is 3. The number of carbonyl (C=O) groups is 1. The molecule has 1 amide bonds. The number of pyridine rings is 2. The summed E-state index contributed by atoms with van der Waals surface area (Å²) in [6.07, 6.45) is 4.52. The number of carbonyl (C=O) groups excluding carboxylic acids is 1. The minimum Gasteiger partial charge on any atom is -0.443 e. The average Bonchev–Trinajstić information content (AvgIpc) is 3.32. The van der Waals surface area contributed by atoms with Gasteiger partial charge >= 0.3 is 6.09 Å². The Bertz CT molecular complexity index is 1130. The summed E-state index contributed by atoms with van der Waals surface area (Å²) < 4.78 is 17.0. The van der Waals surface area contributed by atoms with Crippen molar-refractivity contribution in [1.29, 1.82) is 0 Å². The van der Waals surface area contributed by atoms with Crippen LogP contribution in [0.3, 0.4) is 0 Å². The van der Waals surface area contributed by atoms with Crippen LogP contribution in [0, 0.1) is 6.92 Å². The number of benzene rings is 1. The van der Waals surface area contributed by atoms with Crippen LogP contribution in [0.15, 0.2) is 70.8 Å². The molecular formula is C26H29N3O4S. The van der Waals surface area contributed by atoms with E-state index in [0.717, 1.165) is 32.3 Å². The topological polar surface area (TPSA) is 73.8 Å². The molecule has 34 heavy (non-hydrogen) atoms. The molecule has 2 aromatic heterocycles. The normalized spacial score (nSPS) is 14.2. The summed E-state index contributed by atoms with van der Waals surface area (Å²) in [5.41, 5.74) is 2.95. The first kappa shape index (κ1) is 24.2. The molecule has 1 aliphatic heterocycles. The quantitative estimate of drug-likeness (QED) is 0.434. The second-order valence-corrected chi connectivity index (χ2v) is 10.1. The first-order valence-electron chi connectivity index (χ1n) is 11.2. The summed E-state index contributed by atoms with van der Waals surface area (Å²) in [6.45, 7) is 9.07. The number of amides is 1.